The highest BCUT2D eigenvalue weighted by atomic mass is 15.2. The molecule has 2 heteroatoms. The molecular formula is C16H30N2. The third-order valence-electron chi connectivity index (χ3n) is 5.27. The van der Waals surface area contributed by atoms with Crippen LogP contribution in [0.15, 0.2) is 0 Å². The van der Waals surface area contributed by atoms with Gasteiger partial charge in [0.2, 0.25) is 0 Å². The van der Waals surface area contributed by atoms with E-state index in [9.17, 15) is 0 Å². The summed E-state index contributed by atoms with van der Waals surface area (Å²) in [6.07, 6.45) is 14.5. The van der Waals surface area contributed by atoms with E-state index in [1.54, 1.807) is 0 Å². The predicted molar refractivity (Wildman–Crippen MR) is 76.8 cm³/mol. The lowest BCUT2D eigenvalue weighted by atomic mass is 9.81. The molecule has 2 saturated carbocycles. The molecule has 0 atom stereocenters. The minimum Gasteiger partial charge on any atom is -0.310 e. The normalized spacial score (nSPS) is 29.3. The zero-order chi connectivity index (χ0) is 12.3. The lowest BCUT2D eigenvalue weighted by Crippen LogP contribution is -2.52. The van der Waals surface area contributed by atoms with Crippen LogP contribution in [0.25, 0.3) is 0 Å². The smallest absolute Gasteiger partial charge is 0.0308 e. The van der Waals surface area contributed by atoms with Crippen LogP contribution in [0.4, 0.5) is 0 Å². The summed E-state index contributed by atoms with van der Waals surface area (Å²) >= 11 is 0. The van der Waals surface area contributed by atoms with Crippen molar-refractivity contribution < 1.29 is 0 Å². The maximum Gasteiger partial charge on any atom is 0.0308 e. The van der Waals surface area contributed by atoms with E-state index in [0.717, 1.165) is 5.92 Å². The maximum absolute atomic E-state index is 3.90. The topological polar surface area (TPSA) is 15.3 Å². The Hall–Kier alpha value is -0.0800. The fraction of sp³-hybridized carbons (Fsp3) is 1.00. The lowest BCUT2D eigenvalue weighted by Gasteiger charge is -2.40. The van der Waals surface area contributed by atoms with Crippen molar-refractivity contribution in [3.63, 3.8) is 0 Å². The van der Waals surface area contributed by atoms with Gasteiger partial charge in [0.15, 0.2) is 0 Å². The van der Waals surface area contributed by atoms with Crippen LogP contribution in [0.3, 0.4) is 0 Å². The van der Waals surface area contributed by atoms with E-state index in [4.69, 9.17) is 0 Å². The van der Waals surface area contributed by atoms with Gasteiger partial charge in [-0.3, -0.25) is 0 Å². The van der Waals surface area contributed by atoms with Crippen LogP contribution in [-0.4, -0.2) is 36.6 Å². The first-order valence-corrected chi connectivity index (χ1v) is 8.34. The van der Waals surface area contributed by atoms with Gasteiger partial charge in [-0.15, -0.1) is 0 Å². The molecular weight excluding hydrogens is 220 g/mol. The van der Waals surface area contributed by atoms with E-state index in [-0.39, 0.29) is 0 Å². The van der Waals surface area contributed by atoms with Gasteiger partial charge >= 0.3 is 0 Å². The van der Waals surface area contributed by atoms with Crippen molar-refractivity contribution in [3.8, 4) is 0 Å². The molecule has 1 spiro atoms. The first kappa shape index (κ1) is 12.9. The summed E-state index contributed by atoms with van der Waals surface area (Å²) < 4.78 is 0. The van der Waals surface area contributed by atoms with Gasteiger partial charge in [-0.1, -0.05) is 32.1 Å². The molecule has 2 nitrogen and oxygen atoms in total. The molecule has 0 aromatic carbocycles. The molecule has 1 saturated heterocycles. The second-order valence-electron chi connectivity index (χ2n) is 6.98. The van der Waals surface area contributed by atoms with Crippen LogP contribution >= 0.6 is 0 Å². The first-order valence-electron chi connectivity index (χ1n) is 8.34. The number of nitrogens with zero attached hydrogens (tertiary/aromatic N) is 1. The predicted octanol–water partition coefficient (Wildman–Crippen LogP) is 3.17. The fourth-order valence-electron chi connectivity index (χ4n) is 3.98. The van der Waals surface area contributed by atoms with Gasteiger partial charge in [-0.2, -0.15) is 0 Å². The second kappa shape index (κ2) is 5.92. The largest absolute Gasteiger partial charge is 0.310 e. The summed E-state index contributed by atoms with van der Waals surface area (Å²) in [5.74, 6) is 1.11. The molecule has 1 aliphatic heterocycles. The summed E-state index contributed by atoms with van der Waals surface area (Å²) in [5.41, 5.74) is 0.494. The van der Waals surface area contributed by atoms with Crippen molar-refractivity contribution in [2.45, 2.75) is 69.7 Å². The zero-order valence-electron chi connectivity index (χ0n) is 11.9. The van der Waals surface area contributed by atoms with Gasteiger partial charge in [0.1, 0.15) is 0 Å². The minimum atomic E-state index is 0.494. The summed E-state index contributed by atoms with van der Waals surface area (Å²) in [7, 11) is 0. The molecule has 2 aliphatic carbocycles. The average molecular weight is 250 g/mol. The van der Waals surface area contributed by atoms with Gasteiger partial charge in [-0.25, -0.2) is 0 Å². The van der Waals surface area contributed by atoms with E-state index >= 15 is 0 Å². The number of nitrogens with one attached hydrogen (secondary N) is 1. The number of hydrogen-bond acceptors (Lipinski definition) is 2. The molecule has 0 bridgehead atoms. The van der Waals surface area contributed by atoms with E-state index in [0.29, 0.717) is 5.54 Å². The number of rotatable bonds is 4. The van der Waals surface area contributed by atoms with Gasteiger partial charge in [-0.05, 0) is 57.7 Å². The monoisotopic (exact) mass is 250 g/mol. The van der Waals surface area contributed by atoms with Crippen molar-refractivity contribution >= 4 is 0 Å². The van der Waals surface area contributed by atoms with Gasteiger partial charge in [0, 0.05) is 12.1 Å². The molecule has 3 fully saturated rings. The van der Waals surface area contributed by atoms with Crippen LogP contribution < -0.4 is 5.32 Å². The first-order chi connectivity index (χ1) is 8.86. The Balaban J connectivity index is 1.49. The Morgan fingerprint density at radius 2 is 1.89 bits per heavy atom. The second-order valence-corrected chi connectivity index (χ2v) is 6.98. The number of hydrogen-bond donors (Lipinski definition) is 1. The van der Waals surface area contributed by atoms with Crippen LogP contribution in [0.1, 0.15) is 64.2 Å². The zero-order valence-corrected chi connectivity index (χ0v) is 11.9. The fourth-order valence-corrected chi connectivity index (χ4v) is 3.98. The summed E-state index contributed by atoms with van der Waals surface area (Å²) in [4.78, 5) is 2.77. The quantitative estimate of drug-likeness (QED) is 0.824. The molecule has 0 amide bonds. The highest BCUT2D eigenvalue weighted by molar-refractivity contribution is 4.95. The van der Waals surface area contributed by atoms with Crippen LogP contribution in [0.2, 0.25) is 0 Å². The Labute approximate surface area is 113 Å². The molecule has 3 aliphatic rings. The lowest BCUT2D eigenvalue weighted by molar-refractivity contribution is 0.162. The maximum atomic E-state index is 3.90. The van der Waals surface area contributed by atoms with Crippen molar-refractivity contribution in [2.75, 3.05) is 26.2 Å². The SMILES string of the molecule is C1CCC2(CC1)CN(CCCC1CC1)CCCN2. The highest BCUT2D eigenvalue weighted by Gasteiger charge is 2.34. The molecule has 0 radical (unpaired) electrons. The van der Waals surface area contributed by atoms with E-state index < -0.39 is 0 Å². The van der Waals surface area contributed by atoms with E-state index in [1.807, 2.05) is 0 Å². The van der Waals surface area contributed by atoms with Crippen molar-refractivity contribution in [2.24, 2.45) is 5.92 Å². The Kier molecular flexibility index (Phi) is 4.25. The van der Waals surface area contributed by atoms with Crippen LogP contribution in [-0.2, 0) is 0 Å². The van der Waals surface area contributed by atoms with Gasteiger partial charge < -0.3 is 10.2 Å². The average Bonchev–Trinajstić information content (AvgIpc) is 3.20. The van der Waals surface area contributed by atoms with Gasteiger partial charge in [0.25, 0.3) is 0 Å². The Bertz CT molecular complexity index is 254. The summed E-state index contributed by atoms with van der Waals surface area (Å²) in [6.45, 7) is 5.27. The minimum absolute atomic E-state index is 0.494. The van der Waals surface area contributed by atoms with Crippen molar-refractivity contribution in [3.05, 3.63) is 0 Å². The van der Waals surface area contributed by atoms with Gasteiger partial charge in [0.05, 0.1) is 0 Å². The Morgan fingerprint density at radius 3 is 2.67 bits per heavy atom. The Morgan fingerprint density at radius 1 is 1.06 bits per heavy atom. The van der Waals surface area contributed by atoms with Crippen molar-refractivity contribution in [1.29, 1.82) is 0 Å². The molecule has 3 rings (SSSR count). The van der Waals surface area contributed by atoms with Crippen LogP contribution in [0.5, 0.6) is 0 Å². The third-order valence-corrected chi connectivity index (χ3v) is 5.27. The standard InChI is InChI=1S/C16H30N2/c1-2-9-16(10-3-1)14-18(13-5-11-17-16)12-4-6-15-7-8-15/h15,17H,1-14H2. The van der Waals surface area contributed by atoms with Crippen molar-refractivity contribution in [1.82, 2.24) is 10.2 Å². The molecule has 0 aromatic rings. The molecule has 0 unspecified atom stereocenters. The molecule has 0 aromatic heterocycles. The molecule has 1 N–H and O–H groups in total. The highest BCUT2D eigenvalue weighted by Crippen LogP contribution is 2.34. The van der Waals surface area contributed by atoms with Crippen LogP contribution in [0, 0.1) is 5.92 Å². The molecule has 1 heterocycles. The van der Waals surface area contributed by atoms with E-state index in [1.165, 1.54) is 90.4 Å². The van der Waals surface area contributed by atoms with E-state index in [2.05, 4.69) is 10.2 Å². The third kappa shape index (κ3) is 3.48. The summed E-state index contributed by atoms with van der Waals surface area (Å²) in [5, 5.41) is 3.90. The summed E-state index contributed by atoms with van der Waals surface area (Å²) in [6, 6.07) is 0. The molecule has 18 heavy (non-hydrogen) atoms. The molecule has 104 valence electrons.